The van der Waals surface area contributed by atoms with E-state index in [4.69, 9.17) is 0 Å². The standard InChI is InChI=1S/C13H21N3/c1-14-10-13(5-6-13)11-16-8-4-12-3-2-7-15-9-12/h2-3,7,9,14,16H,4-6,8,10-11H2,1H3. The van der Waals surface area contributed by atoms with Gasteiger partial charge in [0, 0.05) is 25.5 Å². The van der Waals surface area contributed by atoms with Crippen LogP contribution in [0.4, 0.5) is 0 Å². The van der Waals surface area contributed by atoms with Crippen LogP contribution in [-0.2, 0) is 6.42 Å². The molecule has 0 atom stereocenters. The predicted octanol–water partition coefficient (Wildman–Crippen LogP) is 1.21. The second-order valence-electron chi connectivity index (χ2n) is 4.82. The van der Waals surface area contributed by atoms with Crippen LogP contribution in [0.15, 0.2) is 24.5 Å². The molecule has 16 heavy (non-hydrogen) atoms. The Labute approximate surface area is 97.7 Å². The van der Waals surface area contributed by atoms with Gasteiger partial charge in [0.05, 0.1) is 0 Å². The van der Waals surface area contributed by atoms with E-state index in [1.54, 1.807) is 0 Å². The molecule has 1 aliphatic carbocycles. The molecule has 0 aliphatic heterocycles. The van der Waals surface area contributed by atoms with Gasteiger partial charge in [0.2, 0.25) is 0 Å². The number of hydrogen-bond acceptors (Lipinski definition) is 3. The Morgan fingerprint density at radius 1 is 1.38 bits per heavy atom. The van der Waals surface area contributed by atoms with Crippen molar-refractivity contribution in [2.45, 2.75) is 19.3 Å². The Hall–Kier alpha value is -0.930. The van der Waals surface area contributed by atoms with Crippen LogP contribution >= 0.6 is 0 Å². The summed E-state index contributed by atoms with van der Waals surface area (Å²) < 4.78 is 0. The third-order valence-corrected chi connectivity index (χ3v) is 3.32. The minimum atomic E-state index is 0.559. The normalized spacial score (nSPS) is 17.3. The van der Waals surface area contributed by atoms with Gasteiger partial charge in [0.15, 0.2) is 0 Å². The van der Waals surface area contributed by atoms with Gasteiger partial charge in [-0.3, -0.25) is 4.98 Å². The van der Waals surface area contributed by atoms with E-state index in [1.807, 2.05) is 25.5 Å². The summed E-state index contributed by atoms with van der Waals surface area (Å²) in [5.74, 6) is 0. The maximum Gasteiger partial charge on any atom is 0.0300 e. The van der Waals surface area contributed by atoms with Crippen molar-refractivity contribution < 1.29 is 0 Å². The number of rotatable bonds is 7. The van der Waals surface area contributed by atoms with E-state index in [-0.39, 0.29) is 0 Å². The SMILES string of the molecule is CNCC1(CNCCc2cccnc2)CC1. The van der Waals surface area contributed by atoms with Crippen molar-refractivity contribution in [1.82, 2.24) is 15.6 Å². The molecular weight excluding hydrogens is 198 g/mol. The molecule has 1 aliphatic rings. The summed E-state index contributed by atoms with van der Waals surface area (Å²) in [6.45, 7) is 3.35. The minimum Gasteiger partial charge on any atom is -0.319 e. The number of nitrogens with one attached hydrogen (secondary N) is 2. The van der Waals surface area contributed by atoms with E-state index in [0.29, 0.717) is 5.41 Å². The first-order valence-corrected chi connectivity index (χ1v) is 6.09. The summed E-state index contributed by atoms with van der Waals surface area (Å²) in [6.07, 6.45) is 7.58. The van der Waals surface area contributed by atoms with Gasteiger partial charge in [-0.05, 0) is 49.9 Å². The van der Waals surface area contributed by atoms with Crippen LogP contribution in [0.2, 0.25) is 0 Å². The largest absolute Gasteiger partial charge is 0.319 e. The molecule has 0 aromatic carbocycles. The maximum absolute atomic E-state index is 4.12. The van der Waals surface area contributed by atoms with Crippen molar-refractivity contribution in [2.75, 3.05) is 26.7 Å². The van der Waals surface area contributed by atoms with Gasteiger partial charge in [0.25, 0.3) is 0 Å². The summed E-state index contributed by atoms with van der Waals surface area (Å²) in [6, 6.07) is 4.13. The highest BCUT2D eigenvalue weighted by atomic mass is 14.9. The monoisotopic (exact) mass is 219 g/mol. The van der Waals surface area contributed by atoms with Crippen molar-refractivity contribution in [1.29, 1.82) is 0 Å². The Balaban J connectivity index is 1.62. The zero-order chi connectivity index (χ0) is 11.3. The average Bonchev–Trinajstić information content (AvgIpc) is 3.07. The molecule has 1 saturated carbocycles. The molecule has 88 valence electrons. The topological polar surface area (TPSA) is 37.0 Å². The van der Waals surface area contributed by atoms with Gasteiger partial charge < -0.3 is 10.6 Å². The van der Waals surface area contributed by atoms with Crippen molar-refractivity contribution in [3.63, 3.8) is 0 Å². The van der Waals surface area contributed by atoms with Gasteiger partial charge in [-0.15, -0.1) is 0 Å². The molecule has 0 bridgehead atoms. The zero-order valence-electron chi connectivity index (χ0n) is 10.00. The molecule has 3 heteroatoms. The highest BCUT2D eigenvalue weighted by molar-refractivity contribution is 5.08. The first-order valence-electron chi connectivity index (χ1n) is 6.09. The van der Waals surface area contributed by atoms with Crippen molar-refractivity contribution in [2.24, 2.45) is 5.41 Å². The van der Waals surface area contributed by atoms with Crippen molar-refractivity contribution >= 4 is 0 Å². The molecule has 1 fully saturated rings. The van der Waals surface area contributed by atoms with E-state index >= 15 is 0 Å². The fraction of sp³-hybridized carbons (Fsp3) is 0.615. The molecule has 1 aromatic heterocycles. The predicted molar refractivity (Wildman–Crippen MR) is 66.4 cm³/mol. The first-order chi connectivity index (χ1) is 7.85. The lowest BCUT2D eigenvalue weighted by molar-refractivity contribution is 0.441. The molecule has 1 aromatic rings. The summed E-state index contributed by atoms with van der Waals surface area (Å²) >= 11 is 0. The average molecular weight is 219 g/mol. The van der Waals surface area contributed by atoms with Crippen LogP contribution in [0, 0.1) is 5.41 Å². The summed E-state index contributed by atoms with van der Waals surface area (Å²) in [4.78, 5) is 4.12. The minimum absolute atomic E-state index is 0.559. The summed E-state index contributed by atoms with van der Waals surface area (Å²) in [7, 11) is 2.04. The number of aromatic nitrogens is 1. The smallest absolute Gasteiger partial charge is 0.0300 e. The number of hydrogen-bond donors (Lipinski definition) is 2. The first kappa shape index (κ1) is 11.6. The summed E-state index contributed by atoms with van der Waals surface area (Å²) in [5.41, 5.74) is 1.87. The lowest BCUT2D eigenvalue weighted by atomic mass is 10.1. The molecule has 0 spiro atoms. The molecule has 2 rings (SSSR count). The van der Waals surface area contributed by atoms with Crippen LogP contribution < -0.4 is 10.6 Å². The van der Waals surface area contributed by atoms with E-state index in [9.17, 15) is 0 Å². The lowest BCUT2D eigenvalue weighted by Crippen LogP contribution is -2.32. The van der Waals surface area contributed by atoms with Gasteiger partial charge in [0.1, 0.15) is 0 Å². The van der Waals surface area contributed by atoms with Crippen LogP contribution in [0.1, 0.15) is 18.4 Å². The zero-order valence-corrected chi connectivity index (χ0v) is 10.00. The van der Waals surface area contributed by atoms with E-state index in [0.717, 1.165) is 26.1 Å². The van der Waals surface area contributed by atoms with Gasteiger partial charge in [-0.1, -0.05) is 6.07 Å². The lowest BCUT2D eigenvalue weighted by Gasteiger charge is -2.15. The van der Waals surface area contributed by atoms with Crippen molar-refractivity contribution in [3.05, 3.63) is 30.1 Å². The van der Waals surface area contributed by atoms with Gasteiger partial charge in [-0.2, -0.15) is 0 Å². The van der Waals surface area contributed by atoms with Gasteiger partial charge >= 0.3 is 0 Å². The second-order valence-corrected chi connectivity index (χ2v) is 4.82. The third kappa shape index (κ3) is 3.29. The van der Waals surface area contributed by atoms with Crippen LogP contribution in [0.3, 0.4) is 0 Å². The Morgan fingerprint density at radius 2 is 2.25 bits per heavy atom. The fourth-order valence-corrected chi connectivity index (χ4v) is 2.10. The van der Waals surface area contributed by atoms with Crippen LogP contribution in [-0.4, -0.2) is 31.7 Å². The van der Waals surface area contributed by atoms with Crippen LogP contribution in [0.25, 0.3) is 0 Å². The second kappa shape index (κ2) is 5.41. The Kier molecular flexibility index (Phi) is 3.91. The molecule has 3 nitrogen and oxygen atoms in total. The summed E-state index contributed by atoms with van der Waals surface area (Å²) in [5, 5.41) is 6.83. The third-order valence-electron chi connectivity index (χ3n) is 3.32. The highest BCUT2D eigenvalue weighted by Crippen LogP contribution is 2.44. The highest BCUT2D eigenvalue weighted by Gasteiger charge is 2.41. The quantitative estimate of drug-likeness (QED) is 0.677. The Morgan fingerprint density at radius 3 is 2.88 bits per heavy atom. The van der Waals surface area contributed by atoms with Crippen molar-refractivity contribution in [3.8, 4) is 0 Å². The molecular formula is C13H21N3. The molecule has 2 N–H and O–H groups in total. The van der Waals surface area contributed by atoms with Gasteiger partial charge in [-0.25, -0.2) is 0 Å². The maximum atomic E-state index is 4.12. The van der Waals surface area contributed by atoms with Crippen LogP contribution in [0.5, 0.6) is 0 Å². The molecule has 0 saturated heterocycles. The van der Waals surface area contributed by atoms with E-state index in [2.05, 4.69) is 21.7 Å². The van der Waals surface area contributed by atoms with E-state index < -0.39 is 0 Å². The van der Waals surface area contributed by atoms with E-state index in [1.165, 1.54) is 18.4 Å². The molecule has 0 radical (unpaired) electrons. The fourth-order valence-electron chi connectivity index (χ4n) is 2.10. The molecule has 0 unspecified atom stereocenters. The number of nitrogens with zero attached hydrogens (tertiary/aromatic N) is 1. The number of pyridine rings is 1. The molecule has 1 heterocycles. The Bertz CT molecular complexity index is 306. The molecule has 0 amide bonds.